The van der Waals surface area contributed by atoms with E-state index in [1.54, 1.807) is 20.8 Å². The predicted octanol–water partition coefficient (Wildman–Crippen LogP) is 0.284. The van der Waals surface area contributed by atoms with Crippen LogP contribution in [-0.2, 0) is 14.8 Å². The predicted molar refractivity (Wildman–Crippen MR) is 59.3 cm³/mol. The molecule has 1 atom stereocenters. The lowest BCUT2D eigenvalue weighted by atomic mass is 10.2. The van der Waals surface area contributed by atoms with E-state index >= 15 is 0 Å². The minimum absolute atomic E-state index is 0.119. The van der Waals surface area contributed by atoms with Gasteiger partial charge < -0.3 is 9.64 Å². The number of ether oxygens (including phenoxy) is 1. The van der Waals surface area contributed by atoms with Crippen LogP contribution < -0.4 is 5.14 Å². The van der Waals surface area contributed by atoms with Gasteiger partial charge in [-0.3, -0.25) is 0 Å². The zero-order valence-electron chi connectivity index (χ0n) is 9.76. The number of nitrogens with zero attached hydrogens (tertiary/aromatic N) is 1. The molecule has 0 saturated carbocycles. The maximum Gasteiger partial charge on any atom is 0.410 e. The van der Waals surface area contributed by atoms with E-state index in [1.807, 2.05) is 0 Å². The van der Waals surface area contributed by atoms with Gasteiger partial charge in [0.2, 0.25) is 10.0 Å². The van der Waals surface area contributed by atoms with Crippen molar-refractivity contribution >= 4 is 16.1 Å². The van der Waals surface area contributed by atoms with Crippen molar-refractivity contribution in [3.05, 3.63) is 0 Å². The van der Waals surface area contributed by atoms with Crippen LogP contribution in [-0.4, -0.2) is 43.4 Å². The summed E-state index contributed by atoms with van der Waals surface area (Å²) in [7, 11) is -3.56. The number of carbonyl (C=O) groups excluding carboxylic acids is 1. The zero-order chi connectivity index (χ0) is 12.6. The second kappa shape index (κ2) is 4.21. The second-order valence-corrected chi connectivity index (χ2v) is 6.77. The maximum absolute atomic E-state index is 11.6. The molecule has 0 bridgehead atoms. The molecule has 94 valence electrons. The van der Waals surface area contributed by atoms with Crippen molar-refractivity contribution in [1.29, 1.82) is 0 Å². The summed E-state index contributed by atoms with van der Waals surface area (Å²) in [5, 5.41) is 4.36. The van der Waals surface area contributed by atoms with Gasteiger partial charge in [0, 0.05) is 13.1 Å². The minimum Gasteiger partial charge on any atom is -0.444 e. The molecule has 1 amide bonds. The van der Waals surface area contributed by atoms with Crippen molar-refractivity contribution in [3.63, 3.8) is 0 Å². The van der Waals surface area contributed by atoms with Crippen molar-refractivity contribution in [3.8, 4) is 0 Å². The van der Waals surface area contributed by atoms with E-state index < -0.39 is 27.0 Å². The number of rotatable bonds is 1. The maximum atomic E-state index is 11.6. The van der Waals surface area contributed by atoms with Crippen LogP contribution in [0.3, 0.4) is 0 Å². The molecule has 16 heavy (non-hydrogen) atoms. The molecular formula is C9H18N2O4S. The number of primary sulfonamides is 1. The summed E-state index contributed by atoms with van der Waals surface area (Å²) in [5.41, 5.74) is -0.573. The molecule has 0 aromatic carbocycles. The number of hydrogen-bond donors (Lipinski definition) is 1. The third-order valence-corrected chi connectivity index (χ3v) is 3.58. The summed E-state index contributed by atoms with van der Waals surface area (Å²) in [6.07, 6.45) is -0.114. The van der Waals surface area contributed by atoms with E-state index in [2.05, 4.69) is 0 Å². The highest BCUT2D eigenvalue weighted by Gasteiger charge is 2.34. The number of carbonyl (C=O) groups is 1. The van der Waals surface area contributed by atoms with E-state index in [0.717, 1.165) is 0 Å². The topological polar surface area (TPSA) is 89.7 Å². The minimum atomic E-state index is -3.56. The van der Waals surface area contributed by atoms with E-state index in [1.165, 1.54) is 4.90 Å². The van der Waals surface area contributed by atoms with Gasteiger partial charge in [0.05, 0.1) is 5.25 Å². The molecule has 1 aliphatic heterocycles. The Hall–Kier alpha value is -0.820. The molecule has 1 rings (SSSR count). The van der Waals surface area contributed by atoms with Crippen LogP contribution >= 0.6 is 0 Å². The van der Waals surface area contributed by atoms with Gasteiger partial charge in [-0.05, 0) is 27.2 Å². The van der Waals surface area contributed by atoms with E-state index in [0.29, 0.717) is 13.0 Å². The van der Waals surface area contributed by atoms with Gasteiger partial charge in [-0.2, -0.15) is 0 Å². The molecule has 0 unspecified atom stereocenters. The first-order valence-electron chi connectivity index (χ1n) is 5.09. The fraction of sp³-hybridized carbons (Fsp3) is 0.889. The fourth-order valence-corrected chi connectivity index (χ4v) is 2.31. The number of hydrogen-bond acceptors (Lipinski definition) is 4. The highest BCUT2D eigenvalue weighted by molar-refractivity contribution is 7.89. The average molecular weight is 250 g/mol. The summed E-state index contributed by atoms with van der Waals surface area (Å²) in [4.78, 5) is 13.0. The van der Waals surface area contributed by atoms with Crippen LogP contribution in [0.5, 0.6) is 0 Å². The van der Waals surface area contributed by atoms with Gasteiger partial charge in [-0.15, -0.1) is 0 Å². The first kappa shape index (κ1) is 13.2. The number of nitrogens with two attached hydrogens (primary N) is 1. The number of sulfonamides is 1. The van der Waals surface area contributed by atoms with Gasteiger partial charge in [0.1, 0.15) is 5.60 Å². The van der Waals surface area contributed by atoms with Gasteiger partial charge in [0.25, 0.3) is 0 Å². The molecular weight excluding hydrogens is 232 g/mol. The number of amides is 1. The molecule has 1 heterocycles. The highest BCUT2D eigenvalue weighted by atomic mass is 32.2. The monoisotopic (exact) mass is 250 g/mol. The summed E-state index contributed by atoms with van der Waals surface area (Å²) in [5.74, 6) is 0. The van der Waals surface area contributed by atoms with Crippen LogP contribution in [0, 0.1) is 0 Å². The molecule has 0 aromatic heterocycles. The lowest BCUT2D eigenvalue weighted by molar-refractivity contribution is 0.0295. The molecule has 2 N–H and O–H groups in total. The summed E-state index contributed by atoms with van der Waals surface area (Å²) in [6, 6.07) is 0. The molecule has 0 radical (unpaired) electrons. The molecule has 6 nitrogen and oxygen atoms in total. The quantitative estimate of drug-likeness (QED) is 0.724. The van der Waals surface area contributed by atoms with Crippen molar-refractivity contribution < 1.29 is 17.9 Å². The zero-order valence-corrected chi connectivity index (χ0v) is 10.6. The standard InChI is InChI=1S/C9H18N2O4S/c1-9(2,3)15-8(12)11-5-4-7(6-11)16(10,13)14/h7H,4-6H2,1-3H3,(H2,10,13,14)/t7-/m1/s1. The van der Waals surface area contributed by atoms with Gasteiger partial charge in [-0.25, -0.2) is 18.4 Å². The Morgan fingerprint density at radius 3 is 2.38 bits per heavy atom. The Kier molecular flexibility index (Phi) is 3.49. The van der Waals surface area contributed by atoms with Crippen LogP contribution in [0.15, 0.2) is 0 Å². The van der Waals surface area contributed by atoms with Crippen LogP contribution in [0.1, 0.15) is 27.2 Å². The Balaban J connectivity index is 2.57. The van der Waals surface area contributed by atoms with Crippen molar-refractivity contribution in [2.45, 2.75) is 38.0 Å². The fourth-order valence-electron chi connectivity index (χ4n) is 1.49. The molecule has 7 heteroatoms. The van der Waals surface area contributed by atoms with E-state index in [9.17, 15) is 13.2 Å². The second-order valence-electron chi connectivity index (χ2n) is 4.93. The lowest BCUT2D eigenvalue weighted by Gasteiger charge is -2.24. The van der Waals surface area contributed by atoms with Crippen LogP contribution in [0.2, 0.25) is 0 Å². The molecule has 1 fully saturated rings. The molecule has 1 saturated heterocycles. The first-order chi connectivity index (χ1) is 7.09. The third kappa shape index (κ3) is 3.64. The molecule has 1 aliphatic rings. The van der Waals surface area contributed by atoms with Gasteiger partial charge >= 0.3 is 6.09 Å². The number of likely N-dealkylation sites (tertiary alicyclic amines) is 1. The largest absolute Gasteiger partial charge is 0.444 e. The SMILES string of the molecule is CC(C)(C)OC(=O)N1CC[C@@H](S(N)(=O)=O)C1. The Bertz CT molecular complexity index is 371. The van der Waals surface area contributed by atoms with E-state index in [4.69, 9.17) is 9.88 Å². The van der Waals surface area contributed by atoms with Crippen molar-refractivity contribution in [1.82, 2.24) is 4.90 Å². The smallest absolute Gasteiger partial charge is 0.410 e. The lowest BCUT2D eigenvalue weighted by Crippen LogP contribution is -2.37. The molecule has 0 aliphatic carbocycles. The summed E-state index contributed by atoms with van der Waals surface area (Å²) in [6.45, 7) is 5.78. The average Bonchev–Trinajstić information content (AvgIpc) is 2.46. The normalized spacial score (nSPS) is 22.2. The third-order valence-electron chi connectivity index (χ3n) is 2.26. The Morgan fingerprint density at radius 1 is 1.44 bits per heavy atom. The Labute approximate surface area is 95.8 Å². The first-order valence-corrected chi connectivity index (χ1v) is 6.70. The van der Waals surface area contributed by atoms with Gasteiger partial charge in [0.15, 0.2) is 0 Å². The van der Waals surface area contributed by atoms with Crippen LogP contribution in [0.4, 0.5) is 4.79 Å². The molecule has 0 aromatic rings. The van der Waals surface area contributed by atoms with E-state index in [-0.39, 0.29) is 6.54 Å². The summed E-state index contributed by atoms with van der Waals surface area (Å²) < 4.78 is 27.3. The van der Waals surface area contributed by atoms with Gasteiger partial charge in [-0.1, -0.05) is 0 Å². The van der Waals surface area contributed by atoms with Crippen molar-refractivity contribution in [2.24, 2.45) is 5.14 Å². The van der Waals surface area contributed by atoms with Crippen LogP contribution in [0.25, 0.3) is 0 Å². The Morgan fingerprint density at radius 2 is 2.00 bits per heavy atom. The molecule has 0 spiro atoms. The van der Waals surface area contributed by atoms with Crippen molar-refractivity contribution in [2.75, 3.05) is 13.1 Å². The summed E-state index contributed by atoms with van der Waals surface area (Å²) >= 11 is 0. The highest BCUT2D eigenvalue weighted by Crippen LogP contribution is 2.18.